The summed E-state index contributed by atoms with van der Waals surface area (Å²) in [4.78, 5) is 8.15. The summed E-state index contributed by atoms with van der Waals surface area (Å²) in [5.74, 6) is 1.94. The SMILES string of the molecule is COc1ccccc1NC(N)=NCc1noc(C)n1. The minimum Gasteiger partial charge on any atom is -0.495 e. The van der Waals surface area contributed by atoms with E-state index in [1.807, 2.05) is 24.3 Å². The average molecular weight is 261 g/mol. The maximum Gasteiger partial charge on any atom is 0.223 e. The summed E-state index contributed by atoms with van der Waals surface area (Å²) in [6.07, 6.45) is 0. The molecule has 0 aliphatic rings. The quantitative estimate of drug-likeness (QED) is 0.636. The largest absolute Gasteiger partial charge is 0.495 e. The number of rotatable bonds is 4. The molecule has 0 bridgehead atoms. The van der Waals surface area contributed by atoms with Crippen molar-refractivity contribution in [3.05, 3.63) is 36.0 Å². The van der Waals surface area contributed by atoms with Crippen molar-refractivity contribution >= 4 is 11.6 Å². The fourth-order valence-electron chi connectivity index (χ4n) is 1.49. The van der Waals surface area contributed by atoms with Crippen LogP contribution >= 0.6 is 0 Å². The van der Waals surface area contributed by atoms with Gasteiger partial charge in [-0.3, -0.25) is 0 Å². The molecule has 0 saturated carbocycles. The first kappa shape index (κ1) is 12.9. The molecule has 0 fully saturated rings. The van der Waals surface area contributed by atoms with Crippen LogP contribution in [0.2, 0.25) is 0 Å². The number of hydrogen-bond donors (Lipinski definition) is 2. The normalized spacial score (nSPS) is 11.4. The molecule has 1 heterocycles. The lowest BCUT2D eigenvalue weighted by Crippen LogP contribution is -2.23. The van der Waals surface area contributed by atoms with Gasteiger partial charge in [-0.05, 0) is 12.1 Å². The van der Waals surface area contributed by atoms with Crippen molar-refractivity contribution in [2.45, 2.75) is 13.5 Å². The van der Waals surface area contributed by atoms with Crippen molar-refractivity contribution in [1.29, 1.82) is 0 Å². The number of hydrogen-bond acceptors (Lipinski definition) is 5. The third-order valence-electron chi connectivity index (χ3n) is 2.33. The Kier molecular flexibility index (Phi) is 3.97. The van der Waals surface area contributed by atoms with Gasteiger partial charge in [0, 0.05) is 6.92 Å². The number of aryl methyl sites for hydroxylation is 1. The van der Waals surface area contributed by atoms with Crippen molar-refractivity contribution in [3.63, 3.8) is 0 Å². The van der Waals surface area contributed by atoms with Crippen LogP contribution in [0.5, 0.6) is 5.75 Å². The Morgan fingerprint density at radius 3 is 2.95 bits per heavy atom. The van der Waals surface area contributed by atoms with Gasteiger partial charge >= 0.3 is 0 Å². The number of aromatic nitrogens is 2. The molecule has 3 N–H and O–H groups in total. The number of nitrogens with two attached hydrogens (primary N) is 1. The summed E-state index contributed by atoms with van der Waals surface area (Å²) in [5, 5.41) is 6.68. The Morgan fingerprint density at radius 2 is 2.26 bits per heavy atom. The Balaban J connectivity index is 2.02. The molecule has 100 valence electrons. The highest BCUT2D eigenvalue weighted by molar-refractivity contribution is 5.93. The first-order valence-corrected chi connectivity index (χ1v) is 5.68. The topological polar surface area (TPSA) is 98.6 Å². The first-order chi connectivity index (χ1) is 9.19. The number of guanidine groups is 1. The van der Waals surface area contributed by atoms with Gasteiger partial charge in [0.2, 0.25) is 5.89 Å². The summed E-state index contributed by atoms with van der Waals surface area (Å²) in [6, 6.07) is 7.43. The van der Waals surface area contributed by atoms with Gasteiger partial charge < -0.3 is 20.3 Å². The number of nitrogens with one attached hydrogen (secondary N) is 1. The predicted octanol–water partition coefficient (Wildman–Crippen LogP) is 1.31. The van der Waals surface area contributed by atoms with Gasteiger partial charge in [-0.25, -0.2) is 4.99 Å². The highest BCUT2D eigenvalue weighted by Crippen LogP contribution is 2.22. The van der Waals surface area contributed by atoms with Gasteiger partial charge in [0.25, 0.3) is 0 Å². The van der Waals surface area contributed by atoms with Crippen LogP contribution in [-0.2, 0) is 6.54 Å². The van der Waals surface area contributed by atoms with E-state index in [0.29, 0.717) is 17.5 Å². The van der Waals surface area contributed by atoms with E-state index in [4.69, 9.17) is 15.0 Å². The van der Waals surface area contributed by atoms with Gasteiger partial charge in [0.15, 0.2) is 11.8 Å². The second-order valence-corrected chi connectivity index (χ2v) is 3.76. The third kappa shape index (κ3) is 3.44. The van der Waals surface area contributed by atoms with E-state index in [0.717, 1.165) is 5.69 Å². The number of anilines is 1. The molecule has 1 aromatic heterocycles. The monoisotopic (exact) mass is 261 g/mol. The van der Waals surface area contributed by atoms with Crippen molar-refractivity contribution < 1.29 is 9.26 Å². The number of aliphatic imine (C=N–C) groups is 1. The van der Waals surface area contributed by atoms with Gasteiger partial charge in [-0.1, -0.05) is 17.3 Å². The predicted molar refractivity (Wildman–Crippen MR) is 71.0 cm³/mol. The zero-order valence-electron chi connectivity index (χ0n) is 10.8. The molecule has 0 unspecified atom stereocenters. The number of para-hydroxylation sites is 2. The maximum atomic E-state index is 5.78. The molecule has 19 heavy (non-hydrogen) atoms. The lowest BCUT2D eigenvalue weighted by molar-refractivity contribution is 0.387. The number of benzene rings is 1. The fraction of sp³-hybridized carbons (Fsp3) is 0.250. The smallest absolute Gasteiger partial charge is 0.223 e. The lowest BCUT2D eigenvalue weighted by Gasteiger charge is -2.09. The molecule has 7 nitrogen and oxygen atoms in total. The first-order valence-electron chi connectivity index (χ1n) is 5.68. The van der Waals surface area contributed by atoms with Crippen LogP contribution in [0, 0.1) is 6.92 Å². The molecule has 2 rings (SSSR count). The van der Waals surface area contributed by atoms with Crippen LogP contribution in [0.25, 0.3) is 0 Å². The summed E-state index contributed by atoms with van der Waals surface area (Å²) < 4.78 is 10.0. The third-order valence-corrected chi connectivity index (χ3v) is 2.33. The minimum atomic E-state index is 0.255. The Bertz CT molecular complexity index is 579. The van der Waals surface area contributed by atoms with Crippen LogP contribution in [-0.4, -0.2) is 23.2 Å². The molecular formula is C12H15N5O2. The minimum absolute atomic E-state index is 0.255. The molecular weight excluding hydrogens is 246 g/mol. The molecule has 0 amide bonds. The highest BCUT2D eigenvalue weighted by Gasteiger charge is 2.04. The Morgan fingerprint density at radius 1 is 1.47 bits per heavy atom. The van der Waals surface area contributed by atoms with E-state index in [9.17, 15) is 0 Å². The van der Waals surface area contributed by atoms with E-state index in [-0.39, 0.29) is 12.5 Å². The van der Waals surface area contributed by atoms with E-state index in [1.165, 1.54) is 0 Å². The molecule has 0 saturated heterocycles. The highest BCUT2D eigenvalue weighted by atomic mass is 16.5. The van der Waals surface area contributed by atoms with Gasteiger partial charge in [-0.2, -0.15) is 4.98 Å². The number of ether oxygens (including phenoxy) is 1. The van der Waals surface area contributed by atoms with E-state index >= 15 is 0 Å². The zero-order chi connectivity index (χ0) is 13.7. The summed E-state index contributed by atoms with van der Waals surface area (Å²) in [6.45, 7) is 1.97. The molecule has 7 heteroatoms. The number of nitrogens with zero attached hydrogens (tertiary/aromatic N) is 3. The van der Waals surface area contributed by atoms with E-state index in [1.54, 1.807) is 14.0 Å². The zero-order valence-corrected chi connectivity index (χ0v) is 10.8. The van der Waals surface area contributed by atoms with Crippen LogP contribution < -0.4 is 15.8 Å². The molecule has 0 radical (unpaired) electrons. The number of methoxy groups -OCH3 is 1. The standard InChI is InChI=1S/C12H15N5O2/c1-8-15-11(17-19-8)7-14-12(13)16-9-5-3-4-6-10(9)18-2/h3-6H,7H2,1-2H3,(H3,13,14,16). The molecule has 0 spiro atoms. The second-order valence-electron chi connectivity index (χ2n) is 3.76. The second kappa shape index (κ2) is 5.85. The van der Waals surface area contributed by atoms with Crippen LogP contribution in [0.3, 0.4) is 0 Å². The summed E-state index contributed by atoms with van der Waals surface area (Å²) in [7, 11) is 1.59. The van der Waals surface area contributed by atoms with Crippen LogP contribution in [0.4, 0.5) is 5.69 Å². The lowest BCUT2D eigenvalue weighted by atomic mass is 10.3. The molecule has 0 aliphatic carbocycles. The van der Waals surface area contributed by atoms with Crippen molar-refractivity contribution in [1.82, 2.24) is 10.1 Å². The maximum absolute atomic E-state index is 5.78. The molecule has 2 aromatic rings. The molecule has 0 atom stereocenters. The molecule has 0 aliphatic heterocycles. The summed E-state index contributed by atoms with van der Waals surface area (Å²) >= 11 is 0. The van der Waals surface area contributed by atoms with Gasteiger partial charge in [0.1, 0.15) is 12.3 Å². The fourth-order valence-corrected chi connectivity index (χ4v) is 1.49. The van der Waals surface area contributed by atoms with Crippen molar-refractivity contribution in [2.24, 2.45) is 10.7 Å². The average Bonchev–Trinajstić information content (AvgIpc) is 2.83. The Labute approximate surface area is 110 Å². The molecule has 1 aromatic carbocycles. The van der Waals surface area contributed by atoms with Crippen LogP contribution in [0.1, 0.15) is 11.7 Å². The van der Waals surface area contributed by atoms with Crippen molar-refractivity contribution in [3.8, 4) is 5.75 Å². The van der Waals surface area contributed by atoms with Gasteiger partial charge in [-0.15, -0.1) is 0 Å². The van der Waals surface area contributed by atoms with Crippen molar-refractivity contribution in [2.75, 3.05) is 12.4 Å². The van der Waals surface area contributed by atoms with Crippen LogP contribution in [0.15, 0.2) is 33.8 Å². The van der Waals surface area contributed by atoms with E-state index in [2.05, 4.69) is 20.4 Å². The summed E-state index contributed by atoms with van der Waals surface area (Å²) in [5.41, 5.74) is 6.53. The van der Waals surface area contributed by atoms with Gasteiger partial charge in [0.05, 0.1) is 12.8 Å². The van der Waals surface area contributed by atoms with E-state index < -0.39 is 0 Å². The Hall–Kier alpha value is -2.57.